The highest BCUT2D eigenvalue weighted by molar-refractivity contribution is 5.06. The molecule has 0 bridgehead atoms. The van der Waals surface area contributed by atoms with Gasteiger partial charge in [0.05, 0.1) is 7.11 Å². The molecule has 0 atom stereocenters. The van der Waals surface area contributed by atoms with Crippen LogP contribution in [-0.2, 0) is 6.54 Å². The van der Waals surface area contributed by atoms with Crippen LogP contribution >= 0.6 is 0 Å². The predicted molar refractivity (Wildman–Crippen MR) is 68.5 cm³/mol. The number of rotatable bonds is 7. The fraction of sp³-hybridized carbons (Fsp3) is 0.538. The number of aryl methyl sites for hydroxylation is 1. The van der Waals surface area contributed by atoms with Gasteiger partial charge in [0.25, 0.3) is 11.6 Å². The van der Waals surface area contributed by atoms with E-state index in [9.17, 15) is 4.79 Å². The van der Waals surface area contributed by atoms with Crippen LogP contribution in [0.5, 0.6) is 6.01 Å². The summed E-state index contributed by atoms with van der Waals surface area (Å²) in [6.07, 6.45) is 6.09. The third-order valence-electron chi connectivity index (χ3n) is 2.57. The van der Waals surface area contributed by atoms with Gasteiger partial charge < -0.3 is 4.74 Å². The first-order valence-corrected chi connectivity index (χ1v) is 5.92. The molecule has 0 spiro atoms. The summed E-state index contributed by atoms with van der Waals surface area (Å²) in [6.45, 7) is 6.13. The molecule has 1 aromatic rings. The Balaban J connectivity index is 2.63. The van der Waals surface area contributed by atoms with Crippen LogP contribution in [0.1, 0.15) is 31.4 Å². The molecule has 0 amide bonds. The summed E-state index contributed by atoms with van der Waals surface area (Å²) in [7, 11) is 1.54. The van der Waals surface area contributed by atoms with Crippen LogP contribution in [0.4, 0.5) is 0 Å². The van der Waals surface area contributed by atoms with Crippen molar-refractivity contribution in [3.8, 4) is 6.01 Å². The van der Waals surface area contributed by atoms with E-state index in [4.69, 9.17) is 4.74 Å². The quantitative estimate of drug-likeness (QED) is 0.539. The van der Waals surface area contributed by atoms with Crippen LogP contribution in [0.3, 0.4) is 0 Å². The van der Waals surface area contributed by atoms with Crippen LogP contribution in [0, 0.1) is 6.92 Å². The van der Waals surface area contributed by atoms with E-state index in [0.29, 0.717) is 18.2 Å². The van der Waals surface area contributed by atoms with Crippen molar-refractivity contribution >= 4 is 0 Å². The van der Waals surface area contributed by atoms with E-state index in [2.05, 4.69) is 11.6 Å². The zero-order chi connectivity index (χ0) is 12.7. The minimum Gasteiger partial charge on any atom is -0.468 e. The molecule has 0 unspecified atom stereocenters. The molecule has 1 aromatic heterocycles. The fourth-order valence-electron chi connectivity index (χ4n) is 1.69. The van der Waals surface area contributed by atoms with Crippen LogP contribution in [0.2, 0.25) is 0 Å². The molecule has 0 saturated carbocycles. The molecule has 0 radical (unpaired) electrons. The number of ether oxygens (including phenoxy) is 1. The van der Waals surface area contributed by atoms with Gasteiger partial charge in [0, 0.05) is 18.3 Å². The first kappa shape index (κ1) is 13.5. The molecule has 4 heteroatoms. The number of methoxy groups -OCH3 is 1. The number of hydrogen-bond acceptors (Lipinski definition) is 3. The van der Waals surface area contributed by atoms with Gasteiger partial charge in [0.1, 0.15) is 0 Å². The standard InChI is InChI=1S/C13H20N2O2/c1-4-5-6-7-8-9-15-12(16)10-11(2)14-13(15)17-3/h4,10H,1,5-9H2,2-3H3. The van der Waals surface area contributed by atoms with Crippen LogP contribution in [-0.4, -0.2) is 16.7 Å². The summed E-state index contributed by atoms with van der Waals surface area (Å²) >= 11 is 0. The van der Waals surface area contributed by atoms with Crippen LogP contribution in [0.25, 0.3) is 0 Å². The monoisotopic (exact) mass is 236 g/mol. The number of hydrogen-bond donors (Lipinski definition) is 0. The Kier molecular flexibility index (Phi) is 5.46. The van der Waals surface area contributed by atoms with E-state index in [1.807, 2.05) is 6.08 Å². The Hall–Kier alpha value is -1.58. The number of aromatic nitrogens is 2. The van der Waals surface area contributed by atoms with Crippen molar-refractivity contribution in [2.75, 3.05) is 7.11 Å². The molecule has 17 heavy (non-hydrogen) atoms. The first-order valence-electron chi connectivity index (χ1n) is 5.92. The molecular weight excluding hydrogens is 216 g/mol. The maximum Gasteiger partial charge on any atom is 0.299 e. The molecule has 94 valence electrons. The van der Waals surface area contributed by atoms with Gasteiger partial charge in [0.15, 0.2) is 0 Å². The largest absolute Gasteiger partial charge is 0.468 e. The maximum atomic E-state index is 11.8. The summed E-state index contributed by atoms with van der Waals surface area (Å²) in [5.41, 5.74) is 0.646. The van der Waals surface area contributed by atoms with E-state index in [1.165, 1.54) is 13.2 Å². The van der Waals surface area contributed by atoms with Gasteiger partial charge >= 0.3 is 0 Å². The van der Waals surface area contributed by atoms with Gasteiger partial charge in [0.2, 0.25) is 0 Å². The van der Waals surface area contributed by atoms with Gasteiger partial charge in [-0.25, -0.2) is 4.98 Å². The summed E-state index contributed by atoms with van der Waals surface area (Å²) in [5.74, 6) is 0. The van der Waals surface area contributed by atoms with Crippen LogP contribution < -0.4 is 10.3 Å². The second-order valence-corrected chi connectivity index (χ2v) is 4.01. The summed E-state index contributed by atoms with van der Waals surface area (Å²) in [4.78, 5) is 16.0. The number of unbranched alkanes of at least 4 members (excludes halogenated alkanes) is 3. The zero-order valence-electron chi connectivity index (χ0n) is 10.6. The number of allylic oxidation sites excluding steroid dienone is 1. The Morgan fingerprint density at radius 2 is 2.24 bits per heavy atom. The third kappa shape index (κ3) is 4.06. The van der Waals surface area contributed by atoms with Gasteiger partial charge in [-0.1, -0.05) is 12.5 Å². The Labute approximate surface area is 102 Å². The molecule has 0 fully saturated rings. The van der Waals surface area contributed by atoms with E-state index in [1.54, 1.807) is 11.5 Å². The Morgan fingerprint density at radius 1 is 1.47 bits per heavy atom. The molecule has 4 nitrogen and oxygen atoms in total. The second kappa shape index (κ2) is 6.89. The average Bonchev–Trinajstić information content (AvgIpc) is 2.30. The molecule has 0 aromatic carbocycles. The molecule has 1 rings (SSSR count). The van der Waals surface area contributed by atoms with Crippen LogP contribution in [0.15, 0.2) is 23.5 Å². The molecule has 1 heterocycles. The van der Waals surface area contributed by atoms with E-state index < -0.39 is 0 Å². The zero-order valence-corrected chi connectivity index (χ0v) is 10.6. The first-order chi connectivity index (χ1) is 8.19. The highest BCUT2D eigenvalue weighted by atomic mass is 16.5. The maximum absolute atomic E-state index is 11.8. The minimum atomic E-state index is -0.0435. The van der Waals surface area contributed by atoms with Crippen molar-refractivity contribution in [2.24, 2.45) is 0 Å². The SMILES string of the molecule is C=CCCCCCn1c(OC)nc(C)cc1=O. The second-order valence-electron chi connectivity index (χ2n) is 4.01. The van der Waals surface area contributed by atoms with Crippen molar-refractivity contribution in [3.05, 3.63) is 34.8 Å². The van der Waals surface area contributed by atoms with Gasteiger partial charge in [-0.05, 0) is 26.2 Å². The normalized spacial score (nSPS) is 10.2. The van der Waals surface area contributed by atoms with Crippen molar-refractivity contribution in [3.63, 3.8) is 0 Å². The molecule has 0 saturated heterocycles. The Morgan fingerprint density at radius 3 is 2.88 bits per heavy atom. The topological polar surface area (TPSA) is 44.1 Å². The molecule has 0 aliphatic rings. The third-order valence-corrected chi connectivity index (χ3v) is 2.57. The summed E-state index contributed by atoms with van der Waals surface area (Å²) in [5, 5.41) is 0. The molecule has 0 aliphatic carbocycles. The lowest BCUT2D eigenvalue weighted by Gasteiger charge is -2.10. The van der Waals surface area contributed by atoms with Crippen molar-refractivity contribution in [1.82, 2.24) is 9.55 Å². The lowest BCUT2D eigenvalue weighted by molar-refractivity contribution is 0.341. The molecular formula is C13H20N2O2. The fourth-order valence-corrected chi connectivity index (χ4v) is 1.69. The van der Waals surface area contributed by atoms with Gasteiger partial charge in [-0.15, -0.1) is 6.58 Å². The summed E-state index contributed by atoms with van der Waals surface area (Å²) < 4.78 is 6.71. The molecule has 0 aliphatic heterocycles. The lowest BCUT2D eigenvalue weighted by Crippen LogP contribution is -2.22. The van der Waals surface area contributed by atoms with Crippen molar-refractivity contribution < 1.29 is 4.74 Å². The number of nitrogens with zero attached hydrogens (tertiary/aromatic N) is 2. The van der Waals surface area contributed by atoms with Crippen molar-refractivity contribution in [2.45, 2.75) is 39.2 Å². The highest BCUT2D eigenvalue weighted by Crippen LogP contribution is 2.07. The van der Waals surface area contributed by atoms with E-state index >= 15 is 0 Å². The van der Waals surface area contributed by atoms with Gasteiger partial charge in [-0.2, -0.15) is 0 Å². The lowest BCUT2D eigenvalue weighted by atomic mass is 10.2. The average molecular weight is 236 g/mol. The van der Waals surface area contributed by atoms with E-state index in [0.717, 1.165) is 25.7 Å². The Bertz CT molecular complexity index is 424. The minimum absolute atomic E-state index is 0.0435. The van der Waals surface area contributed by atoms with Crippen molar-refractivity contribution in [1.29, 1.82) is 0 Å². The van der Waals surface area contributed by atoms with E-state index in [-0.39, 0.29) is 5.56 Å². The predicted octanol–water partition coefficient (Wildman–Crippen LogP) is 2.31. The highest BCUT2D eigenvalue weighted by Gasteiger charge is 2.06. The molecule has 0 N–H and O–H groups in total. The summed E-state index contributed by atoms with van der Waals surface area (Å²) in [6, 6.07) is 1.94. The smallest absolute Gasteiger partial charge is 0.299 e. The van der Waals surface area contributed by atoms with Gasteiger partial charge in [-0.3, -0.25) is 9.36 Å².